The topological polar surface area (TPSA) is 29.5 Å². The molecular weight excluding hydrogens is 277 g/mol. The Morgan fingerprint density at radius 1 is 1.30 bits per heavy atom. The smallest absolute Gasteiger partial charge is 0.260 e. The molecule has 0 aliphatic carbocycles. The van der Waals surface area contributed by atoms with E-state index >= 15 is 0 Å². The normalized spacial score (nSPS) is 10.3. The van der Waals surface area contributed by atoms with Gasteiger partial charge in [-0.3, -0.25) is 4.79 Å². The van der Waals surface area contributed by atoms with Gasteiger partial charge in [-0.1, -0.05) is 6.07 Å². The molecule has 1 heterocycles. The van der Waals surface area contributed by atoms with Crippen molar-refractivity contribution in [3.05, 3.63) is 52.5 Å². The molecule has 0 N–H and O–H groups in total. The Kier molecular flexibility index (Phi) is 5.12. The number of rotatable bonds is 6. The first-order chi connectivity index (χ1) is 9.65. The highest BCUT2D eigenvalue weighted by Crippen LogP contribution is 2.12. The van der Waals surface area contributed by atoms with Gasteiger partial charge >= 0.3 is 0 Å². The molecule has 0 saturated heterocycles. The van der Waals surface area contributed by atoms with E-state index in [9.17, 15) is 9.18 Å². The summed E-state index contributed by atoms with van der Waals surface area (Å²) in [7, 11) is 1.75. The van der Waals surface area contributed by atoms with Gasteiger partial charge in [0.2, 0.25) is 0 Å². The highest BCUT2D eigenvalue weighted by Gasteiger charge is 2.09. The van der Waals surface area contributed by atoms with Crippen molar-refractivity contribution in [1.29, 1.82) is 0 Å². The standard InChI is InChI=1S/C15H16FNO2S/c1-17(9-8-14-3-2-10-20-14)15(18)11-19-13-6-4-12(16)5-7-13/h2-7,10H,8-9,11H2,1H3. The lowest BCUT2D eigenvalue weighted by Gasteiger charge is -2.17. The molecule has 0 aliphatic heterocycles. The summed E-state index contributed by atoms with van der Waals surface area (Å²) in [4.78, 5) is 14.8. The van der Waals surface area contributed by atoms with E-state index in [1.165, 1.54) is 29.1 Å². The van der Waals surface area contributed by atoms with Crippen LogP contribution < -0.4 is 4.74 Å². The summed E-state index contributed by atoms with van der Waals surface area (Å²) < 4.78 is 18.0. The summed E-state index contributed by atoms with van der Waals surface area (Å²) in [6, 6.07) is 9.68. The number of amides is 1. The zero-order valence-electron chi connectivity index (χ0n) is 11.2. The van der Waals surface area contributed by atoms with Crippen LogP contribution in [0.4, 0.5) is 4.39 Å². The molecule has 0 radical (unpaired) electrons. The Hall–Kier alpha value is -1.88. The van der Waals surface area contributed by atoms with Gasteiger partial charge in [-0.2, -0.15) is 0 Å². The van der Waals surface area contributed by atoms with Crippen LogP contribution >= 0.6 is 11.3 Å². The van der Waals surface area contributed by atoms with Crippen LogP contribution in [0.15, 0.2) is 41.8 Å². The highest BCUT2D eigenvalue weighted by atomic mass is 32.1. The third kappa shape index (κ3) is 4.35. The van der Waals surface area contributed by atoms with Gasteiger partial charge in [0.1, 0.15) is 11.6 Å². The van der Waals surface area contributed by atoms with Crippen molar-refractivity contribution in [1.82, 2.24) is 4.90 Å². The fourth-order valence-corrected chi connectivity index (χ4v) is 2.34. The van der Waals surface area contributed by atoms with Crippen LogP contribution in [0.3, 0.4) is 0 Å². The molecule has 5 heteroatoms. The van der Waals surface area contributed by atoms with E-state index in [0.717, 1.165) is 6.42 Å². The zero-order chi connectivity index (χ0) is 14.4. The van der Waals surface area contributed by atoms with E-state index in [1.807, 2.05) is 11.4 Å². The number of halogens is 1. The number of nitrogens with zero attached hydrogens (tertiary/aromatic N) is 1. The maximum Gasteiger partial charge on any atom is 0.260 e. The Labute approximate surface area is 121 Å². The van der Waals surface area contributed by atoms with Gasteiger partial charge in [-0.25, -0.2) is 4.39 Å². The molecule has 20 heavy (non-hydrogen) atoms. The maximum atomic E-state index is 12.7. The second kappa shape index (κ2) is 7.05. The lowest BCUT2D eigenvalue weighted by Crippen LogP contribution is -2.32. The number of carbonyl (C=O) groups excluding carboxylic acids is 1. The number of ether oxygens (including phenoxy) is 1. The number of thiophene rings is 1. The van der Waals surface area contributed by atoms with Crippen LogP contribution in [0, 0.1) is 5.82 Å². The molecular formula is C15H16FNO2S. The molecule has 0 atom stereocenters. The number of hydrogen-bond donors (Lipinski definition) is 0. The van der Waals surface area contributed by atoms with Gasteiger partial charge in [0.25, 0.3) is 5.91 Å². The van der Waals surface area contributed by atoms with Crippen LogP contribution in [0.25, 0.3) is 0 Å². The summed E-state index contributed by atoms with van der Waals surface area (Å²) in [5.41, 5.74) is 0. The minimum Gasteiger partial charge on any atom is -0.484 e. The fourth-order valence-electron chi connectivity index (χ4n) is 1.64. The monoisotopic (exact) mass is 293 g/mol. The minimum absolute atomic E-state index is 0.0351. The second-order valence-corrected chi connectivity index (χ2v) is 5.42. The average molecular weight is 293 g/mol. The predicted molar refractivity (Wildman–Crippen MR) is 77.6 cm³/mol. The molecule has 0 spiro atoms. The molecule has 3 nitrogen and oxygen atoms in total. The second-order valence-electron chi connectivity index (χ2n) is 4.39. The lowest BCUT2D eigenvalue weighted by atomic mass is 10.3. The maximum absolute atomic E-state index is 12.7. The largest absolute Gasteiger partial charge is 0.484 e. The van der Waals surface area contributed by atoms with Crippen molar-refractivity contribution in [2.75, 3.05) is 20.2 Å². The molecule has 0 fully saturated rings. The number of carbonyl (C=O) groups is 1. The third-order valence-corrected chi connectivity index (χ3v) is 3.81. The first kappa shape index (κ1) is 14.5. The summed E-state index contributed by atoms with van der Waals surface area (Å²) in [6.45, 7) is 0.624. The van der Waals surface area contributed by atoms with Crippen molar-refractivity contribution in [3.8, 4) is 5.75 Å². The Morgan fingerprint density at radius 2 is 2.05 bits per heavy atom. The van der Waals surface area contributed by atoms with Crippen LogP contribution in [0.5, 0.6) is 5.75 Å². The zero-order valence-corrected chi connectivity index (χ0v) is 12.0. The average Bonchev–Trinajstić information content (AvgIpc) is 2.97. The van der Waals surface area contributed by atoms with Gasteiger partial charge in [0.15, 0.2) is 6.61 Å². The molecule has 0 aliphatic rings. The number of likely N-dealkylation sites (N-methyl/N-ethyl adjacent to an activating group) is 1. The molecule has 2 aromatic rings. The Morgan fingerprint density at radius 3 is 2.70 bits per heavy atom. The molecule has 0 saturated carbocycles. The van der Waals surface area contributed by atoms with Gasteiger partial charge in [-0.05, 0) is 42.1 Å². The molecule has 0 bridgehead atoms. The van der Waals surface area contributed by atoms with Gasteiger partial charge < -0.3 is 9.64 Å². The molecule has 1 aromatic heterocycles. The Bertz CT molecular complexity index is 540. The van der Waals surface area contributed by atoms with Gasteiger partial charge in [-0.15, -0.1) is 11.3 Å². The summed E-state index contributed by atoms with van der Waals surface area (Å²) in [6.07, 6.45) is 0.844. The van der Waals surface area contributed by atoms with Crippen LogP contribution in [-0.4, -0.2) is 31.0 Å². The first-order valence-corrected chi connectivity index (χ1v) is 7.18. The third-order valence-electron chi connectivity index (χ3n) is 2.88. The van der Waals surface area contributed by atoms with Crippen molar-refractivity contribution >= 4 is 17.2 Å². The molecule has 2 rings (SSSR count). The summed E-state index contributed by atoms with van der Waals surface area (Å²) >= 11 is 1.68. The van der Waals surface area contributed by atoms with Crippen molar-refractivity contribution in [3.63, 3.8) is 0 Å². The first-order valence-electron chi connectivity index (χ1n) is 6.30. The predicted octanol–water partition coefficient (Wildman–Crippen LogP) is 2.97. The van der Waals surface area contributed by atoms with E-state index in [2.05, 4.69) is 6.07 Å². The molecule has 0 unspecified atom stereocenters. The van der Waals surface area contributed by atoms with Crippen molar-refractivity contribution in [2.45, 2.75) is 6.42 Å². The highest BCUT2D eigenvalue weighted by molar-refractivity contribution is 7.09. The summed E-state index contributed by atoms with van der Waals surface area (Å²) in [5.74, 6) is 0.0778. The molecule has 106 valence electrons. The molecule has 1 aromatic carbocycles. The summed E-state index contributed by atoms with van der Waals surface area (Å²) in [5, 5.41) is 2.02. The lowest BCUT2D eigenvalue weighted by molar-refractivity contribution is -0.132. The van der Waals surface area contributed by atoms with E-state index in [-0.39, 0.29) is 18.3 Å². The van der Waals surface area contributed by atoms with E-state index in [0.29, 0.717) is 12.3 Å². The van der Waals surface area contributed by atoms with E-state index in [1.54, 1.807) is 23.3 Å². The van der Waals surface area contributed by atoms with Gasteiger partial charge in [0, 0.05) is 18.5 Å². The fraction of sp³-hybridized carbons (Fsp3) is 0.267. The SMILES string of the molecule is CN(CCc1cccs1)C(=O)COc1ccc(F)cc1. The van der Waals surface area contributed by atoms with Crippen LogP contribution in [-0.2, 0) is 11.2 Å². The Balaban J connectivity index is 1.74. The number of benzene rings is 1. The van der Waals surface area contributed by atoms with E-state index < -0.39 is 0 Å². The minimum atomic E-state index is -0.322. The van der Waals surface area contributed by atoms with Crippen LogP contribution in [0.2, 0.25) is 0 Å². The van der Waals surface area contributed by atoms with E-state index in [4.69, 9.17) is 4.74 Å². The number of hydrogen-bond acceptors (Lipinski definition) is 3. The van der Waals surface area contributed by atoms with Crippen LogP contribution in [0.1, 0.15) is 4.88 Å². The van der Waals surface area contributed by atoms with Gasteiger partial charge in [0.05, 0.1) is 0 Å². The van der Waals surface area contributed by atoms with Crippen molar-refractivity contribution in [2.24, 2.45) is 0 Å². The quantitative estimate of drug-likeness (QED) is 0.819. The molecule has 1 amide bonds. The van der Waals surface area contributed by atoms with Crippen molar-refractivity contribution < 1.29 is 13.9 Å².